The second-order valence-electron chi connectivity index (χ2n) is 15.1. The molecule has 7 N–H and O–H groups in total. The number of carbonyl (C=O) groups is 10. The Morgan fingerprint density at radius 1 is 0.684 bits per heavy atom. The zero-order valence-electron chi connectivity index (χ0n) is 32.3. The second kappa shape index (κ2) is 17.1. The molecule has 2 saturated heterocycles. The number of anilines is 2. The molecule has 8 amide bonds. The first-order chi connectivity index (χ1) is 26.5. The molecule has 0 spiro atoms. The maximum Gasteiger partial charge on any atom is 0.325 e. The van der Waals surface area contributed by atoms with E-state index in [4.69, 9.17) is 20.9 Å². The van der Waals surface area contributed by atoms with Crippen molar-refractivity contribution in [2.24, 2.45) is 5.73 Å². The summed E-state index contributed by atoms with van der Waals surface area (Å²) in [5, 5.41) is 7.11. The Balaban J connectivity index is 0.000000215. The zero-order valence-corrected chi connectivity index (χ0v) is 32.3. The molecule has 19 heteroatoms. The van der Waals surface area contributed by atoms with Gasteiger partial charge < -0.3 is 26.3 Å². The lowest BCUT2D eigenvalue weighted by molar-refractivity contribution is -0.153. The van der Waals surface area contributed by atoms with Crippen LogP contribution in [-0.2, 0) is 38.2 Å². The van der Waals surface area contributed by atoms with Gasteiger partial charge in [0.15, 0.2) is 0 Å². The second-order valence-corrected chi connectivity index (χ2v) is 15.1. The lowest BCUT2D eigenvalue weighted by Gasteiger charge is -2.27. The first-order valence-electron chi connectivity index (χ1n) is 17.9. The standard InChI is InChI=1S/C19H21N3O6.C13H11N3O4.C6H13NO2/c1-19(2,3)28-14(24)9-20-11-6-4-5-10-15(11)18(27)22(17(10)26)12-7-8-13(23)21-16(12)25;14-7-3-1-2-6-10(7)13(20)16(12(6)19)8-4-5-9(17)15-11(8)18;1-6(2,3)9-5(8)4-7/h4-6,12,20H,7-9H2,1-3H3,(H,21,23,25);1-3,8H,4-5,14H2,(H,15,17,18);4,7H2,1-3H3. The summed E-state index contributed by atoms with van der Waals surface area (Å²) in [5.41, 5.74) is 10.7. The third kappa shape index (κ3) is 10.2. The van der Waals surface area contributed by atoms with E-state index >= 15 is 0 Å². The molecule has 4 aliphatic heterocycles. The van der Waals surface area contributed by atoms with Crippen LogP contribution in [-0.4, -0.2) is 105 Å². The maximum atomic E-state index is 12.9. The number of benzene rings is 2. The molecule has 2 aromatic carbocycles. The summed E-state index contributed by atoms with van der Waals surface area (Å²) >= 11 is 0. The molecule has 4 heterocycles. The number of nitrogens with zero attached hydrogens (tertiary/aromatic N) is 2. The van der Waals surface area contributed by atoms with E-state index in [1.54, 1.807) is 59.7 Å². The Morgan fingerprint density at radius 3 is 1.54 bits per heavy atom. The Kier molecular flexibility index (Phi) is 13.0. The quantitative estimate of drug-likeness (QED) is 0.154. The van der Waals surface area contributed by atoms with Crippen LogP contribution in [0.3, 0.4) is 0 Å². The molecule has 0 aromatic heterocycles. The molecule has 19 nitrogen and oxygen atoms in total. The number of nitrogen functional groups attached to an aromatic ring is 1. The van der Waals surface area contributed by atoms with Gasteiger partial charge in [-0.3, -0.25) is 68.4 Å². The van der Waals surface area contributed by atoms with Crippen molar-refractivity contribution < 1.29 is 57.4 Å². The largest absolute Gasteiger partial charge is 0.459 e. The van der Waals surface area contributed by atoms with Crippen LogP contribution in [0.2, 0.25) is 0 Å². The third-order valence-electron chi connectivity index (χ3n) is 8.40. The Bertz CT molecular complexity index is 2050. The average Bonchev–Trinajstić information content (AvgIpc) is 3.51. The summed E-state index contributed by atoms with van der Waals surface area (Å²) in [6.45, 7) is 10.4. The number of esters is 2. The van der Waals surface area contributed by atoms with Gasteiger partial charge in [0.05, 0.1) is 28.8 Å². The average molecular weight is 792 g/mol. The van der Waals surface area contributed by atoms with Crippen LogP contribution in [0.25, 0.3) is 0 Å². The summed E-state index contributed by atoms with van der Waals surface area (Å²) in [6.07, 6.45) is 0.361. The van der Waals surface area contributed by atoms with E-state index in [2.05, 4.69) is 16.0 Å². The predicted octanol–water partition coefficient (Wildman–Crippen LogP) is 0.798. The van der Waals surface area contributed by atoms with Crippen LogP contribution in [0.5, 0.6) is 0 Å². The molecule has 4 aliphatic rings. The molecule has 57 heavy (non-hydrogen) atoms. The van der Waals surface area contributed by atoms with Crippen molar-refractivity contribution in [1.82, 2.24) is 20.4 Å². The normalized spacial score (nSPS) is 19.0. The van der Waals surface area contributed by atoms with Crippen molar-refractivity contribution in [3.63, 3.8) is 0 Å². The van der Waals surface area contributed by atoms with Gasteiger partial charge >= 0.3 is 11.9 Å². The topological polar surface area (TPSA) is 284 Å². The number of imide groups is 4. The minimum atomic E-state index is -1.04. The molecule has 0 bridgehead atoms. The van der Waals surface area contributed by atoms with Gasteiger partial charge in [-0.25, -0.2) is 0 Å². The van der Waals surface area contributed by atoms with Crippen molar-refractivity contribution in [2.45, 2.75) is 90.5 Å². The van der Waals surface area contributed by atoms with Crippen molar-refractivity contribution in [3.8, 4) is 0 Å². The summed E-state index contributed by atoms with van der Waals surface area (Å²) in [7, 11) is 0. The van der Waals surface area contributed by atoms with Crippen LogP contribution >= 0.6 is 0 Å². The third-order valence-corrected chi connectivity index (χ3v) is 8.40. The molecule has 304 valence electrons. The van der Waals surface area contributed by atoms with Gasteiger partial charge in [0.1, 0.15) is 29.8 Å². The fraction of sp³-hybridized carbons (Fsp3) is 0.421. The molecule has 2 unspecified atom stereocenters. The van der Waals surface area contributed by atoms with Crippen LogP contribution in [0.4, 0.5) is 11.4 Å². The Hall–Kier alpha value is -6.50. The van der Waals surface area contributed by atoms with Crippen LogP contribution in [0.1, 0.15) is 109 Å². The Morgan fingerprint density at radius 2 is 1.12 bits per heavy atom. The highest BCUT2D eigenvalue weighted by molar-refractivity contribution is 6.26. The first kappa shape index (κ1) is 43.2. The summed E-state index contributed by atoms with van der Waals surface area (Å²) < 4.78 is 10.0. The molecule has 2 aromatic rings. The summed E-state index contributed by atoms with van der Waals surface area (Å²) in [4.78, 5) is 121. The van der Waals surface area contributed by atoms with E-state index in [0.717, 1.165) is 9.80 Å². The number of ether oxygens (including phenoxy) is 2. The molecule has 2 atom stereocenters. The highest BCUT2D eigenvalue weighted by atomic mass is 16.6. The van der Waals surface area contributed by atoms with E-state index in [9.17, 15) is 47.9 Å². The molecular weight excluding hydrogens is 746 g/mol. The highest BCUT2D eigenvalue weighted by Crippen LogP contribution is 2.33. The van der Waals surface area contributed by atoms with Crippen LogP contribution < -0.4 is 27.4 Å². The number of carbonyl (C=O) groups excluding carboxylic acids is 10. The number of hydrogen-bond donors (Lipinski definition) is 5. The van der Waals surface area contributed by atoms with E-state index in [1.165, 1.54) is 18.2 Å². The smallest absolute Gasteiger partial charge is 0.325 e. The van der Waals surface area contributed by atoms with Crippen molar-refractivity contribution >= 4 is 70.6 Å². The van der Waals surface area contributed by atoms with Gasteiger partial charge in [0.25, 0.3) is 23.6 Å². The Labute approximate surface area is 327 Å². The van der Waals surface area contributed by atoms with Crippen molar-refractivity contribution in [1.29, 1.82) is 0 Å². The molecule has 0 radical (unpaired) electrons. The lowest BCUT2D eigenvalue weighted by Crippen LogP contribution is -2.54. The number of fused-ring (bicyclic) bond motifs is 2. The monoisotopic (exact) mass is 791 g/mol. The number of nitrogens with two attached hydrogens (primary N) is 2. The van der Waals surface area contributed by atoms with E-state index in [-0.39, 0.29) is 72.7 Å². The number of rotatable bonds is 6. The minimum Gasteiger partial charge on any atom is -0.459 e. The van der Waals surface area contributed by atoms with Gasteiger partial charge in [-0.05, 0) is 78.6 Å². The van der Waals surface area contributed by atoms with Gasteiger partial charge in [0.2, 0.25) is 23.6 Å². The van der Waals surface area contributed by atoms with E-state index in [0.29, 0.717) is 5.69 Å². The van der Waals surface area contributed by atoms with Gasteiger partial charge in [0, 0.05) is 24.2 Å². The molecule has 2 fully saturated rings. The van der Waals surface area contributed by atoms with Crippen LogP contribution in [0.15, 0.2) is 36.4 Å². The number of nitrogens with one attached hydrogen (secondary N) is 3. The van der Waals surface area contributed by atoms with E-state index < -0.39 is 76.5 Å². The summed E-state index contributed by atoms with van der Waals surface area (Å²) in [5.74, 6) is -5.38. The van der Waals surface area contributed by atoms with Gasteiger partial charge in [-0.15, -0.1) is 0 Å². The fourth-order valence-electron chi connectivity index (χ4n) is 6.13. The number of piperidine rings is 2. The highest BCUT2D eigenvalue weighted by Gasteiger charge is 2.47. The SMILES string of the molecule is CC(C)(C)OC(=O)CN.CC(C)(C)OC(=O)CNc1cccc2c1C(=O)N(C1CCC(=O)NC1=O)C2=O.Nc1cccc2c1C(=O)N(C1CCC(=O)NC1=O)C2=O. The predicted molar refractivity (Wildman–Crippen MR) is 200 cm³/mol. The van der Waals surface area contributed by atoms with Crippen LogP contribution in [0, 0.1) is 0 Å². The zero-order chi connectivity index (χ0) is 42.6. The molecular formula is C38H45N7O12. The lowest BCUT2D eigenvalue weighted by atomic mass is 10.0. The fourth-order valence-corrected chi connectivity index (χ4v) is 6.13. The molecule has 6 rings (SSSR count). The minimum absolute atomic E-state index is 0.0444. The van der Waals surface area contributed by atoms with Gasteiger partial charge in [-0.1, -0.05) is 12.1 Å². The van der Waals surface area contributed by atoms with E-state index in [1.807, 2.05) is 0 Å². The summed E-state index contributed by atoms with van der Waals surface area (Å²) in [6, 6.07) is 7.24. The molecule has 0 aliphatic carbocycles. The van der Waals surface area contributed by atoms with Crippen molar-refractivity contribution in [2.75, 3.05) is 24.1 Å². The first-order valence-corrected chi connectivity index (χ1v) is 17.9. The number of amides is 8. The molecule has 0 saturated carbocycles. The maximum absolute atomic E-state index is 12.9. The number of hydrogen-bond acceptors (Lipinski definition) is 15. The van der Waals surface area contributed by atoms with Crippen molar-refractivity contribution in [3.05, 3.63) is 58.7 Å². The van der Waals surface area contributed by atoms with Gasteiger partial charge in [-0.2, -0.15) is 0 Å².